The summed E-state index contributed by atoms with van der Waals surface area (Å²) in [4.78, 5) is 22.6. The number of nitrogens with one attached hydrogen (secondary N) is 1. The van der Waals surface area contributed by atoms with Crippen molar-refractivity contribution in [2.75, 3.05) is 0 Å². The molecule has 0 fully saturated rings. The van der Waals surface area contributed by atoms with Crippen LogP contribution in [0.4, 0.5) is 0 Å². The lowest BCUT2D eigenvalue weighted by atomic mass is 10.1. The number of halogens is 1. The molecule has 2 atom stereocenters. The fourth-order valence-corrected chi connectivity index (χ4v) is 1.52. The zero-order chi connectivity index (χ0) is 13.9. The van der Waals surface area contributed by atoms with Crippen LogP contribution in [0.5, 0.6) is 0 Å². The van der Waals surface area contributed by atoms with Gasteiger partial charge in [-0.15, -0.1) is 0 Å². The quantitative estimate of drug-likeness (QED) is 0.768. The molecule has 3 N–H and O–H groups in total. The van der Waals surface area contributed by atoms with Crippen molar-refractivity contribution in [2.45, 2.75) is 26.0 Å². The van der Waals surface area contributed by atoms with Gasteiger partial charge in [0.2, 0.25) is 0 Å². The summed E-state index contributed by atoms with van der Waals surface area (Å²) in [5.74, 6) is -1.85. The van der Waals surface area contributed by atoms with Crippen molar-refractivity contribution in [1.29, 1.82) is 0 Å². The summed E-state index contributed by atoms with van der Waals surface area (Å²) in [6.45, 7) is 3.04. The van der Waals surface area contributed by atoms with E-state index < -0.39 is 24.0 Å². The predicted molar refractivity (Wildman–Crippen MR) is 66.8 cm³/mol. The summed E-state index contributed by atoms with van der Waals surface area (Å²) in [5, 5.41) is 20.9. The molecule has 18 heavy (non-hydrogen) atoms. The number of benzene rings is 1. The first-order valence-corrected chi connectivity index (χ1v) is 5.68. The van der Waals surface area contributed by atoms with Crippen molar-refractivity contribution in [3.8, 4) is 0 Å². The monoisotopic (exact) mass is 271 g/mol. The Morgan fingerprint density at radius 2 is 2.00 bits per heavy atom. The molecule has 0 aromatic heterocycles. The van der Waals surface area contributed by atoms with Gasteiger partial charge in [-0.05, 0) is 37.6 Å². The van der Waals surface area contributed by atoms with Crippen LogP contribution in [0.1, 0.15) is 22.8 Å². The van der Waals surface area contributed by atoms with Crippen LogP contribution in [-0.4, -0.2) is 34.2 Å². The third-order valence-corrected chi connectivity index (χ3v) is 2.88. The predicted octanol–water partition coefficient (Wildman–Crippen LogP) is 1.21. The Balaban J connectivity index is 2.87. The number of amides is 1. The van der Waals surface area contributed by atoms with Crippen LogP contribution in [0.15, 0.2) is 18.2 Å². The minimum atomic E-state index is -1.34. The molecule has 1 aromatic carbocycles. The van der Waals surface area contributed by atoms with E-state index in [1.165, 1.54) is 13.0 Å². The Kier molecular flexibility index (Phi) is 4.69. The lowest BCUT2D eigenvalue weighted by molar-refractivity contribution is -0.141. The van der Waals surface area contributed by atoms with Crippen molar-refractivity contribution in [1.82, 2.24) is 5.32 Å². The van der Waals surface area contributed by atoms with Crippen LogP contribution in [0.2, 0.25) is 5.02 Å². The van der Waals surface area contributed by atoms with Crippen LogP contribution >= 0.6 is 11.6 Å². The molecule has 0 bridgehead atoms. The fraction of sp³-hybridized carbons (Fsp3) is 0.333. The van der Waals surface area contributed by atoms with Crippen LogP contribution in [0.25, 0.3) is 0 Å². The molecular weight excluding hydrogens is 258 g/mol. The van der Waals surface area contributed by atoms with E-state index in [4.69, 9.17) is 16.7 Å². The first-order chi connectivity index (χ1) is 8.32. The SMILES string of the molecule is Cc1cc(C(=O)NC(C(=O)O)C(C)O)ccc1Cl. The number of carbonyl (C=O) groups excluding carboxylic acids is 1. The molecule has 98 valence electrons. The number of aliphatic hydroxyl groups excluding tert-OH is 1. The van der Waals surface area contributed by atoms with E-state index in [1.54, 1.807) is 19.1 Å². The van der Waals surface area contributed by atoms with Gasteiger partial charge < -0.3 is 15.5 Å². The van der Waals surface area contributed by atoms with E-state index in [-0.39, 0.29) is 0 Å². The molecule has 1 aromatic rings. The van der Waals surface area contributed by atoms with E-state index in [0.29, 0.717) is 16.1 Å². The van der Waals surface area contributed by atoms with E-state index in [1.807, 2.05) is 0 Å². The van der Waals surface area contributed by atoms with Gasteiger partial charge in [0.05, 0.1) is 6.10 Å². The third kappa shape index (κ3) is 3.45. The Morgan fingerprint density at radius 1 is 1.39 bits per heavy atom. The topological polar surface area (TPSA) is 86.6 Å². The van der Waals surface area contributed by atoms with Crippen LogP contribution in [-0.2, 0) is 4.79 Å². The number of carbonyl (C=O) groups is 2. The Morgan fingerprint density at radius 3 is 2.44 bits per heavy atom. The highest BCUT2D eigenvalue weighted by Gasteiger charge is 2.25. The van der Waals surface area contributed by atoms with Gasteiger partial charge in [-0.1, -0.05) is 11.6 Å². The molecule has 5 nitrogen and oxygen atoms in total. The summed E-state index contributed by atoms with van der Waals surface area (Å²) < 4.78 is 0. The Labute approximate surface area is 109 Å². The number of aliphatic carboxylic acids is 1. The molecule has 1 amide bonds. The maximum absolute atomic E-state index is 11.8. The number of rotatable bonds is 4. The van der Waals surface area contributed by atoms with Crippen molar-refractivity contribution in [3.05, 3.63) is 34.3 Å². The number of aryl methyl sites for hydroxylation is 1. The second-order valence-electron chi connectivity index (χ2n) is 3.99. The minimum absolute atomic E-state index is 0.295. The molecule has 1 rings (SSSR count). The van der Waals surface area contributed by atoms with E-state index in [2.05, 4.69) is 5.32 Å². The highest BCUT2D eigenvalue weighted by molar-refractivity contribution is 6.31. The summed E-state index contributed by atoms with van der Waals surface area (Å²) in [6, 6.07) is 3.27. The number of hydrogen-bond donors (Lipinski definition) is 3. The fourth-order valence-electron chi connectivity index (χ4n) is 1.40. The van der Waals surface area contributed by atoms with Gasteiger partial charge in [-0.3, -0.25) is 4.79 Å². The molecule has 0 heterocycles. The number of aliphatic hydroxyl groups is 1. The smallest absolute Gasteiger partial charge is 0.328 e. The maximum Gasteiger partial charge on any atom is 0.328 e. The second-order valence-corrected chi connectivity index (χ2v) is 4.40. The molecule has 0 saturated heterocycles. The first kappa shape index (κ1) is 14.5. The lowest BCUT2D eigenvalue weighted by Crippen LogP contribution is -2.47. The Bertz CT molecular complexity index is 473. The van der Waals surface area contributed by atoms with Gasteiger partial charge >= 0.3 is 5.97 Å². The molecule has 2 unspecified atom stereocenters. The molecule has 0 aliphatic carbocycles. The van der Waals surface area contributed by atoms with Crippen LogP contribution in [0.3, 0.4) is 0 Å². The molecule has 0 aliphatic rings. The third-order valence-electron chi connectivity index (χ3n) is 2.46. The second kappa shape index (κ2) is 5.84. The Hall–Kier alpha value is -1.59. The van der Waals surface area contributed by atoms with Gasteiger partial charge in [0.25, 0.3) is 5.91 Å². The summed E-state index contributed by atoms with van der Waals surface area (Å²) >= 11 is 5.83. The van der Waals surface area contributed by atoms with E-state index in [9.17, 15) is 14.7 Å². The van der Waals surface area contributed by atoms with Crippen LogP contribution in [0, 0.1) is 6.92 Å². The van der Waals surface area contributed by atoms with Crippen LogP contribution < -0.4 is 5.32 Å². The molecule has 0 spiro atoms. The van der Waals surface area contributed by atoms with Crippen molar-refractivity contribution in [3.63, 3.8) is 0 Å². The van der Waals surface area contributed by atoms with Crippen molar-refractivity contribution < 1.29 is 19.8 Å². The van der Waals surface area contributed by atoms with Gasteiger partial charge in [-0.25, -0.2) is 4.79 Å². The maximum atomic E-state index is 11.8. The van der Waals surface area contributed by atoms with Crippen molar-refractivity contribution >= 4 is 23.5 Å². The average Bonchev–Trinajstić information content (AvgIpc) is 2.28. The lowest BCUT2D eigenvalue weighted by Gasteiger charge is -2.17. The minimum Gasteiger partial charge on any atom is -0.480 e. The van der Waals surface area contributed by atoms with Gasteiger partial charge in [0, 0.05) is 10.6 Å². The van der Waals surface area contributed by atoms with Gasteiger partial charge in [0.1, 0.15) is 0 Å². The molecule has 6 heteroatoms. The highest BCUT2D eigenvalue weighted by atomic mass is 35.5. The molecular formula is C12H14ClNO4. The van der Waals surface area contributed by atoms with Gasteiger partial charge in [-0.2, -0.15) is 0 Å². The summed E-state index contributed by atoms with van der Waals surface area (Å²) in [5.41, 5.74) is 1.01. The van der Waals surface area contributed by atoms with Crippen molar-refractivity contribution in [2.24, 2.45) is 0 Å². The zero-order valence-electron chi connectivity index (χ0n) is 9.98. The number of carboxylic acid groups (broad SMARTS) is 1. The van der Waals surface area contributed by atoms with Gasteiger partial charge in [0.15, 0.2) is 6.04 Å². The summed E-state index contributed by atoms with van der Waals surface area (Å²) in [7, 11) is 0. The zero-order valence-corrected chi connectivity index (χ0v) is 10.7. The number of hydrogen-bond acceptors (Lipinski definition) is 3. The van der Waals surface area contributed by atoms with E-state index in [0.717, 1.165) is 0 Å². The average molecular weight is 272 g/mol. The normalized spacial score (nSPS) is 13.8. The number of carboxylic acids is 1. The largest absolute Gasteiger partial charge is 0.480 e. The molecule has 0 radical (unpaired) electrons. The molecule has 0 saturated carbocycles. The molecule has 0 aliphatic heterocycles. The standard InChI is InChI=1S/C12H14ClNO4/c1-6-5-8(3-4-9(6)13)11(16)14-10(7(2)15)12(17)18/h3-5,7,10,15H,1-2H3,(H,14,16)(H,17,18). The van der Waals surface area contributed by atoms with E-state index >= 15 is 0 Å². The first-order valence-electron chi connectivity index (χ1n) is 5.31. The highest BCUT2D eigenvalue weighted by Crippen LogP contribution is 2.16. The summed E-state index contributed by atoms with van der Waals surface area (Å²) in [6.07, 6.45) is -1.18.